The highest BCUT2D eigenvalue weighted by Crippen LogP contribution is 2.23. The van der Waals surface area contributed by atoms with Crippen molar-refractivity contribution in [3.05, 3.63) is 46.2 Å². The minimum absolute atomic E-state index is 0.245. The largest absolute Gasteiger partial charge is 0.497 e. The van der Waals surface area contributed by atoms with Crippen molar-refractivity contribution in [3.63, 3.8) is 0 Å². The first kappa shape index (κ1) is 15.9. The van der Waals surface area contributed by atoms with Gasteiger partial charge in [-0.25, -0.2) is 0 Å². The van der Waals surface area contributed by atoms with Crippen molar-refractivity contribution in [1.29, 1.82) is 0 Å². The van der Waals surface area contributed by atoms with Crippen LogP contribution in [0.15, 0.2) is 34.9 Å². The van der Waals surface area contributed by atoms with Crippen LogP contribution in [0, 0.1) is 0 Å². The van der Waals surface area contributed by atoms with E-state index < -0.39 is 11.8 Å². The number of carbonyl (C=O) groups is 2. The van der Waals surface area contributed by atoms with Crippen molar-refractivity contribution in [1.82, 2.24) is 15.8 Å². The van der Waals surface area contributed by atoms with Crippen LogP contribution in [0.25, 0.3) is 0 Å². The fourth-order valence-corrected chi connectivity index (χ4v) is 2.08. The van der Waals surface area contributed by atoms with E-state index in [1.165, 1.54) is 20.3 Å². The number of amides is 2. The zero-order chi connectivity index (χ0) is 16.1. The summed E-state index contributed by atoms with van der Waals surface area (Å²) in [6.45, 7) is 0. The van der Waals surface area contributed by atoms with Gasteiger partial charge in [-0.2, -0.15) is 0 Å². The second-order valence-corrected chi connectivity index (χ2v) is 5.12. The number of halogens is 1. The Bertz CT molecular complexity index is 699. The van der Waals surface area contributed by atoms with Gasteiger partial charge in [0, 0.05) is 10.7 Å². The van der Waals surface area contributed by atoms with Crippen LogP contribution in [0.2, 0.25) is 0 Å². The Morgan fingerprint density at radius 3 is 2.41 bits per heavy atom. The lowest BCUT2D eigenvalue weighted by atomic mass is 10.2. The number of aromatic amines is 1. The molecule has 0 aliphatic heterocycles. The maximum Gasteiger partial charge on any atom is 0.286 e. The second-order valence-electron chi connectivity index (χ2n) is 4.21. The van der Waals surface area contributed by atoms with Gasteiger partial charge in [0.15, 0.2) is 0 Å². The zero-order valence-electron chi connectivity index (χ0n) is 11.9. The van der Waals surface area contributed by atoms with E-state index in [0.717, 1.165) is 4.47 Å². The number of carbonyl (C=O) groups excluding carboxylic acids is 2. The van der Waals surface area contributed by atoms with Gasteiger partial charge in [-0.05, 0) is 40.2 Å². The van der Waals surface area contributed by atoms with Crippen LogP contribution in [0.3, 0.4) is 0 Å². The summed E-state index contributed by atoms with van der Waals surface area (Å²) in [7, 11) is 2.95. The van der Waals surface area contributed by atoms with E-state index in [9.17, 15) is 9.59 Å². The molecule has 3 N–H and O–H groups in total. The maximum absolute atomic E-state index is 12.2. The van der Waals surface area contributed by atoms with Crippen molar-refractivity contribution in [2.75, 3.05) is 14.2 Å². The molecule has 1 aromatic heterocycles. The zero-order valence-corrected chi connectivity index (χ0v) is 13.5. The molecule has 0 aliphatic rings. The van der Waals surface area contributed by atoms with Crippen LogP contribution >= 0.6 is 15.9 Å². The molecule has 1 aromatic carbocycles. The molecule has 0 bridgehead atoms. The number of methoxy groups -OCH3 is 2. The summed E-state index contributed by atoms with van der Waals surface area (Å²) >= 11 is 3.22. The summed E-state index contributed by atoms with van der Waals surface area (Å²) in [6.07, 6.45) is 1.61. The van der Waals surface area contributed by atoms with Gasteiger partial charge in [0.2, 0.25) is 0 Å². The van der Waals surface area contributed by atoms with Crippen LogP contribution in [0.5, 0.6) is 11.5 Å². The lowest BCUT2D eigenvalue weighted by Gasteiger charge is -2.11. The number of benzene rings is 1. The highest BCUT2D eigenvalue weighted by Gasteiger charge is 2.15. The molecule has 2 rings (SSSR count). The van der Waals surface area contributed by atoms with Gasteiger partial charge in [0.25, 0.3) is 11.8 Å². The summed E-state index contributed by atoms with van der Waals surface area (Å²) in [6, 6.07) is 6.39. The molecule has 0 aliphatic carbocycles. The third-order valence-corrected chi connectivity index (χ3v) is 3.29. The number of hydrogen-bond acceptors (Lipinski definition) is 4. The van der Waals surface area contributed by atoms with E-state index in [2.05, 4.69) is 31.8 Å². The minimum Gasteiger partial charge on any atom is -0.497 e. The fourth-order valence-electron chi connectivity index (χ4n) is 1.74. The van der Waals surface area contributed by atoms with Gasteiger partial charge < -0.3 is 14.5 Å². The average Bonchev–Trinajstić information content (AvgIpc) is 2.98. The number of ether oxygens (including phenoxy) is 2. The first-order valence-corrected chi connectivity index (χ1v) is 7.01. The molecular weight excluding hydrogens is 354 g/mol. The molecule has 8 heteroatoms. The van der Waals surface area contributed by atoms with E-state index in [1.54, 1.807) is 24.4 Å². The van der Waals surface area contributed by atoms with Crippen molar-refractivity contribution < 1.29 is 19.1 Å². The Labute approximate surface area is 135 Å². The minimum atomic E-state index is -0.519. The molecule has 116 valence electrons. The van der Waals surface area contributed by atoms with Gasteiger partial charge in [-0.1, -0.05) is 0 Å². The third-order valence-electron chi connectivity index (χ3n) is 2.83. The molecule has 1 heterocycles. The maximum atomic E-state index is 12.2. The van der Waals surface area contributed by atoms with Crippen LogP contribution in [-0.2, 0) is 0 Å². The highest BCUT2D eigenvalue weighted by atomic mass is 79.9. The van der Waals surface area contributed by atoms with Crippen molar-refractivity contribution >= 4 is 27.7 Å². The molecule has 0 saturated heterocycles. The summed E-state index contributed by atoms with van der Waals surface area (Å²) in [4.78, 5) is 26.7. The summed E-state index contributed by atoms with van der Waals surface area (Å²) in [5.74, 6) is -0.114. The van der Waals surface area contributed by atoms with Gasteiger partial charge in [0.05, 0.1) is 19.8 Å². The number of H-pyrrole nitrogens is 1. The topological polar surface area (TPSA) is 92.4 Å². The molecule has 0 saturated carbocycles. The lowest BCUT2D eigenvalue weighted by molar-refractivity contribution is 0.0842. The third kappa shape index (κ3) is 3.59. The number of nitrogens with one attached hydrogen (secondary N) is 3. The molecular formula is C14H14BrN3O4. The molecule has 7 nitrogen and oxygen atoms in total. The standard InChI is InChI=1S/C14H14BrN3O4/c1-21-9-3-4-12(22-2)10(6-9)13(19)17-18-14(20)11-5-8(15)7-16-11/h3-7,16H,1-2H3,(H,17,19)(H,18,20). The predicted molar refractivity (Wildman–Crippen MR) is 83.0 cm³/mol. The molecule has 2 aromatic rings. The van der Waals surface area contributed by atoms with Crippen molar-refractivity contribution in [3.8, 4) is 11.5 Å². The first-order valence-electron chi connectivity index (χ1n) is 6.21. The lowest BCUT2D eigenvalue weighted by Crippen LogP contribution is -2.41. The molecule has 0 unspecified atom stereocenters. The molecule has 0 radical (unpaired) electrons. The Hall–Kier alpha value is -2.48. The Morgan fingerprint density at radius 1 is 1.09 bits per heavy atom. The molecule has 0 spiro atoms. The Kier molecular flexibility index (Phi) is 5.05. The predicted octanol–water partition coefficient (Wildman–Crippen LogP) is 1.87. The van der Waals surface area contributed by atoms with Crippen LogP contribution in [-0.4, -0.2) is 31.0 Å². The smallest absolute Gasteiger partial charge is 0.286 e. The monoisotopic (exact) mass is 367 g/mol. The Morgan fingerprint density at radius 2 is 1.82 bits per heavy atom. The van der Waals surface area contributed by atoms with E-state index in [-0.39, 0.29) is 5.56 Å². The van der Waals surface area contributed by atoms with Crippen molar-refractivity contribution in [2.24, 2.45) is 0 Å². The van der Waals surface area contributed by atoms with Gasteiger partial charge in [-0.3, -0.25) is 20.4 Å². The fraction of sp³-hybridized carbons (Fsp3) is 0.143. The van der Waals surface area contributed by atoms with Gasteiger partial charge in [0.1, 0.15) is 17.2 Å². The van der Waals surface area contributed by atoms with E-state index in [0.29, 0.717) is 17.2 Å². The number of aromatic nitrogens is 1. The molecule has 0 atom stereocenters. The average molecular weight is 368 g/mol. The van der Waals surface area contributed by atoms with Crippen LogP contribution < -0.4 is 20.3 Å². The van der Waals surface area contributed by atoms with Gasteiger partial charge >= 0.3 is 0 Å². The summed E-state index contributed by atoms with van der Waals surface area (Å²) in [5.41, 5.74) is 5.19. The number of rotatable bonds is 4. The summed E-state index contributed by atoms with van der Waals surface area (Å²) < 4.78 is 10.9. The molecule has 2 amide bonds. The van der Waals surface area contributed by atoms with Crippen molar-refractivity contribution in [2.45, 2.75) is 0 Å². The second kappa shape index (κ2) is 6.99. The van der Waals surface area contributed by atoms with E-state index in [1.807, 2.05) is 0 Å². The van der Waals surface area contributed by atoms with E-state index >= 15 is 0 Å². The van der Waals surface area contributed by atoms with Gasteiger partial charge in [-0.15, -0.1) is 0 Å². The molecule has 0 fully saturated rings. The highest BCUT2D eigenvalue weighted by molar-refractivity contribution is 9.10. The van der Waals surface area contributed by atoms with E-state index in [4.69, 9.17) is 9.47 Å². The normalized spacial score (nSPS) is 9.95. The number of hydrazine groups is 1. The SMILES string of the molecule is COc1ccc(OC)c(C(=O)NNC(=O)c2cc(Br)c[nH]2)c1. The van der Waals surface area contributed by atoms with Crippen LogP contribution in [0.1, 0.15) is 20.8 Å². The first-order chi connectivity index (χ1) is 10.5. The quantitative estimate of drug-likeness (QED) is 0.719. The molecule has 22 heavy (non-hydrogen) atoms. The number of hydrogen-bond donors (Lipinski definition) is 3. The summed E-state index contributed by atoms with van der Waals surface area (Å²) in [5, 5.41) is 0. The Balaban J connectivity index is 2.07. The van der Waals surface area contributed by atoms with Crippen LogP contribution in [0.4, 0.5) is 0 Å².